The molecule has 3 fully saturated rings. The van der Waals surface area contributed by atoms with Gasteiger partial charge < -0.3 is 30.6 Å². The second-order valence-electron chi connectivity index (χ2n) is 6.47. The molecule has 0 aromatic heterocycles. The van der Waals surface area contributed by atoms with Gasteiger partial charge in [0.05, 0.1) is 6.10 Å². The van der Waals surface area contributed by atoms with Crippen LogP contribution in [0.4, 0.5) is 0 Å². The van der Waals surface area contributed by atoms with Gasteiger partial charge in [-0.1, -0.05) is 60.7 Å². The van der Waals surface area contributed by atoms with Crippen molar-refractivity contribution < 1.29 is 56.4 Å². The third-order valence-corrected chi connectivity index (χ3v) is 4.83. The Morgan fingerprint density at radius 2 is 1.12 bits per heavy atom. The first-order chi connectivity index (χ1) is 12.3. The van der Waals surface area contributed by atoms with Crippen molar-refractivity contribution in [1.29, 1.82) is 0 Å². The third kappa shape index (κ3) is 3.31. The van der Waals surface area contributed by atoms with Gasteiger partial charge in [0, 0.05) is 43.8 Å². The molecule has 2 aromatic rings. The van der Waals surface area contributed by atoms with E-state index in [1.807, 2.05) is 60.7 Å². The van der Waals surface area contributed by atoms with Crippen molar-refractivity contribution in [1.82, 2.24) is 0 Å². The van der Waals surface area contributed by atoms with Crippen LogP contribution < -0.4 is 0 Å². The summed E-state index contributed by atoms with van der Waals surface area (Å²) < 4.78 is 30.1. The van der Waals surface area contributed by atoms with E-state index in [0.29, 0.717) is 0 Å². The van der Waals surface area contributed by atoms with Crippen LogP contribution in [0.2, 0.25) is 0 Å². The zero-order valence-corrected chi connectivity index (χ0v) is 17.0. The summed E-state index contributed by atoms with van der Waals surface area (Å²) in [5.74, 6) is 0. The van der Waals surface area contributed by atoms with E-state index < -0.39 is 18.9 Å². The van der Waals surface area contributed by atoms with Gasteiger partial charge in [-0.3, -0.25) is 0 Å². The van der Waals surface area contributed by atoms with Crippen LogP contribution in [0.3, 0.4) is 0 Å². The van der Waals surface area contributed by atoms with Crippen molar-refractivity contribution in [3.63, 3.8) is 0 Å². The molecule has 5 nitrogen and oxygen atoms in total. The smallest absolute Gasteiger partial charge is 0.190 e. The maximum Gasteiger partial charge on any atom is 0.190 e. The van der Waals surface area contributed by atoms with Gasteiger partial charge >= 0.3 is 0 Å². The summed E-state index contributed by atoms with van der Waals surface area (Å²) in [6.45, 7) is 4.08. The predicted molar refractivity (Wildman–Crippen MR) is 88.1 cm³/mol. The van der Waals surface area contributed by atoms with Crippen molar-refractivity contribution in [2.24, 2.45) is 0 Å². The van der Waals surface area contributed by atoms with Gasteiger partial charge in [0.2, 0.25) is 0 Å². The van der Waals surface area contributed by atoms with Crippen LogP contribution in [0.5, 0.6) is 0 Å². The van der Waals surface area contributed by atoms with E-state index in [-0.39, 0.29) is 57.1 Å². The van der Waals surface area contributed by atoms with E-state index in [0.717, 1.165) is 11.1 Å². The molecule has 5 rings (SSSR count). The van der Waals surface area contributed by atoms with Gasteiger partial charge in [-0.15, -0.1) is 0 Å². The molecule has 0 aliphatic carbocycles. The maximum atomic E-state index is 6.17. The summed E-state index contributed by atoms with van der Waals surface area (Å²) in [6.07, 6.45) is -2.62. The molecule has 3 aliphatic rings. The molecule has 6 heteroatoms. The summed E-state index contributed by atoms with van der Waals surface area (Å²) >= 11 is 0. The zero-order chi connectivity index (χ0) is 16.8. The molecule has 0 bridgehead atoms. The fourth-order valence-electron chi connectivity index (χ4n) is 3.60. The number of benzene rings is 2. The van der Waals surface area contributed by atoms with Crippen molar-refractivity contribution in [3.05, 3.63) is 78.7 Å². The van der Waals surface area contributed by atoms with Gasteiger partial charge in [0.1, 0.15) is 12.2 Å². The van der Waals surface area contributed by atoms with Crippen LogP contribution in [-0.2, 0) is 56.4 Å². The fraction of sp³-hybridized carbons (Fsp3) is 0.350. The summed E-state index contributed by atoms with van der Waals surface area (Å²) in [7, 11) is 0. The minimum absolute atomic E-state index is 0. The fourth-order valence-corrected chi connectivity index (χ4v) is 3.60. The largest absolute Gasteiger partial charge is 0.375 e. The second-order valence-corrected chi connectivity index (χ2v) is 6.47. The zero-order valence-electron chi connectivity index (χ0n) is 14.1. The molecule has 7 unspecified atom stereocenters. The van der Waals surface area contributed by atoms with Crippen molar-refractivity contribution in [3.8, 4) is 0 Å². The number of rotatable bonds is 2. The molecule has 1 radical (unpaired) electrons. The van der Waals surface area contributed by atoms with Crippen LogP contribution in [0.25, 0.3) is 0 Å². The molecule has 3 saturated heterocycles. The average Bonchev–Trinajstić information content (AvgIpc) is 3.22. The van der Waals surface area contributed by atoms with Crippen molar-refractivity contribution in [2.45, 2.75) is 43.3 Å². The van der Waals surface area contributed by atoms with Crippen LogP contribution in [-0.4, -0.2) is 30.7 Å². The molecular weight excluding hydrogens is 409 g/mol. The topological polar surface area (TPSA) is 46.2 Å². The van der Waals surface area contributed by atoms with Crippen molar-refractivity contribution >= 4 is 0 Å². The number of hydrogen-bond acceptors (Lipinski definition) is 5. The standard InChI is InChI=1S/C20H19O5.Y/c1-12-15-16(23-18(21-12)13-8-4-2-5-9-13)17-20(22-15)25-19(24-17)14-10-6-3-7-11-14;/h2-12,15-20H,1H2;/q-1;. The van der Waals surface area contributed by atoms with Gasteiger partial charge in [-0.2, -0.15) is 0 Å². The Kier molecular flexibility index (Phi) is 5.58. The Morgan fingerprint density at radius 1 is 0.577 bits per heavy atom. The van der Waals surface area contributed by atoms with Gasteiger partial charge in [-0.25, -0.2) is 0 Å². The molecule has 0 spiro atoms. The Labute approximate surface area is 177 Å². The van der Waals surface area contributed by atoms with Gasteiger partial charge in [-0.05, 0) is 6.10 Å². The van der Waals surface area contributed by atoms with Crippen LogP contribution in [0, 0.1) is 6.92 Å². The molecule has 0 N–H and O–H groups in total. The molecule has 7 atom stereocenters. The minimum Gasteiger partial charge on any atom is -0.375 e. The molecule has 0 amide bonds. The molecular formula is C20H19O5Y-. The SMILES string of the molecule is [CH2-]C1OC(c2ccccc2)OC2C1OC1OC(c3ccccc3)OC12.[Y]. The Hall–Kier alpha value is -0.656. The molecule has 133 valence electrons. The average molecular weight is 428 g/mol. The van der Waals surface area contributed by atoms with E-state index in [1.54, 1.807) is 0 Å². The second kappa shape index (κ2) is 7.76. The normalized spacial score (nSPS) is 38.3. The summed E-state index contributed by atoms with van der Waals surface area (Å²) in [5, 5.41) is 0. The van der Waals surface area contributed by atoms with E-state index in [4.69, 9.17) is 23.7 Å². The number of hydrogen-bond donors (Lipinski definition) is 0. The third-order valence-electron chi connectivity index (χ3n) is 4.83. The summed E-state index contributed by atoms with van der Waals surface area (Å²) in [5.41, 5.74) is 1.92. The van der Waals surface area contributed by atoms with Crippen LogP contribution >= 0.6 is 0 Å². The van der Waals surface area contributed by atoms with Crippen LogP contribution in [0.15, 0.2) is 60.7 Å². The molecule has 2 aromatic carbocycles. The van der Waals surface area contributed by atoms with Gasteiger partial charge in [0.25, 0.3) is 0 Å². The first-order valence-electron chi connectivity index (χ1n) is 8.50. The molecule has 26 heavy (non-hydrogen) atoms. The van der Waals surface area contributed by atoms with E-state index in [9.17, 15) is 0 Å². The quantitative estimate of drug-likeness (QED) is 0.688. The number of fused-ring (bicyclic) bond motifs is 3. The van der Waals surface area contributed by atoms with Gasteiger partial charge in [0.15, 0.2) is 18.9 Å². The summed E-state index contributed by atoms with van der Waals surface area (Å²) in [6, 6.07) is 19.7. The monoisotopic (exact) mass is 428 g/mol. The first kappa shape index (κ1) is 18.7. The predicted octanol–water partition coefficient (Wildman–Crippen LogP) is 3.14. The Bertz CT molecular complexity index is 727. The minimum atomic E-state index is -0.480. The Morgan fingerprint density at radius 3 is 1.73 bits per heavy atom. The maximum absolute atomic E-state index is 6.17. The van der Waals surface area contributed by atoms with E-state index in [2.05, 4.69) is 6.92 Å². The van der Waals surface area contributed by atoms with Crippen molar-refractivity contribution in [2.75, 3.05) is 0 Å². The van der Waals surface area contributed by atoms with E-state index in [1.165, 1.54) is 0 Å². The number of ether oxygens (including phenoxy) is 5. The first-order valence-corrected chi connectivity index (χ1v) is 8.50. The molecule has 3 aliphatic heterocycles. The molecule has 0 saturated carbocycles. The van der Waals surface area contributed by atoms with Crippen LogP contribution in [0.1, 0.15) is 23.7 Å². The Balaban J connectivity index is 0.00000168. The molecule has 3 heterocycles. The van der Waals surface area contributed by atoms with E-state index >= 15 is 0 Å². The summed E-state index contributed by atoms with van der Waals surface area (Å²) in [4.78, 5) is 0.